The van der Waals surface area contributed by atoms with E-state index < -0.39 is 0 Å². The van der Waals surface area contributed by atoms with E-state index in [4.69, 9.17) is 4.74 Å². The summed E-state index contributed by atoms with van der Waals surface area (Å²) in [6, 6.07) is 10.4. The summed E-state index contributed by atoms with van der Waals surface area (Å²) in [5.41, 5.74) is 1.21. The van der Waals surface area contributed by atoms with Crippen molar-refractivity contribution in [1.82, 2.24) is 10.2 Å². The van der Waals surface area contributed by atoms with Gasteiger partial charge in [-0.1, -0.05) is 30.3 Å². The van der Waals surface area contributed by atoms with E-state index in [1.54, 1.807) is 0 Å². The van der Waals surface area contributed by atoms with Crippen molar-refractivity contribution < 1.29 is 9.53 Å². The van der Waals surface area contributed by atoms with Crippen molar-refractivity contribution in [2.45, 2.75) is 12.5 Å². The molecule has 2 aliphatic rings. The fourth-order valence-electron chi connectivity index (χ4n) is 2.95. The second kappa shape index (κ2) is 7.18. The van der Waals surface area contributed by atoms with E-state index in [1.165, 1.54) is 5.56 Å². The molecular formula is C16H22N2O2S. The first-order valence-corrected chi connectivity index (χ1v) is 8.77. The van der Waals surface area contributed by atoms with Gasteiger partial charge in [0.2, 0.25) is 0 Å². The van der Waals surface area contributed by atoms with Crippen LogP contribution in [0.4, 0.5) is 4.79 Å². The minimum Gasteiger partial charge on any atom is -0.373 e. The van der Waals surface area contributed by atoms with Gasteiger partial charge in [-0.05, 0) is 12.0 Å². The van der Waals surface area contributed by atoms with Gasteiger partial charge in [-0.15, -0.1) is 0 Å². The molecular weight excluding hydrogens is 284 g/mol. The maximum absolute atomic E-state index is 12.2. The summed E-state index contributed by atoms with van der Waals surface area (Å²) in [6.45, 7) is 3.20. The van der Waals surface area contributed by atoms with Gasteiger partial charge < -0.3 is 15.0 Å². The molecule has 0 bridgehead atoms. The third-order valence-electron chi connectivity index (χ3n) is 4.16. The fourth-order valence-corrected chi connectivity index (χ4v) is 3.85. The molecule has 1 aromatic rings. The van der Waals surface area contributed by atoms with Crippen molar-refractivity contribution in [3.63, 3.8) is 0 Å². The predicted molar refractivity (Wildman–Crippen MR) is 85.5 cm³/mol. The number of amides is 2. The van der Waals surface area contributed by atoms with E-state index in [0.29, 0.717) is 12.5 Å². The lowest BCUT2D eigenvalue weighted by Crippen LogP contribution is -2.45. The number of benzene rings is 1. The van der Waals surface area contributed by atoms with Crippen LogP contribution < -0.4 is 5.32 Å². The van der Waals surface area contributed by atoms with E-state index in [0.717, 1.165) is 37.6 Å². The van der Waals surface area contributed by atoms with Gasteiger partial charge in [-0.2, -0.15) is 11.8 Å². The van der Waals surface area contributed by atoms with Crippen LogP contribution in [-0.2, 0) is 4.74 Å². The van der Waals surface area contributed by atoms with Gasteiger partial charge in [-0.3, -0.25) is 0 Å². The Morgan fingerprint density at radius 2 is 2.05 bits per heavy atom. The number of carbonyl (C=O) groups excluding carboxylic acids is 1. The summed E-state index contributed by atoms with van der Waals surface area (Å²) in [7, 11) is 0. The summed E-state index contributed by atoms with van der Waals surface area (Å²) in [5, 5.41) is 3.09. The molecule has 0 aliphatic carbocycles. The first-order valence-electron chi connectivity index (χ1n) is 7.61. The minimum atomic E-state index is 0.0778. The zero-order chi connectivity index (χ0) is 14.5. The Balaban J connectivity index is 1.53. The van der Waals surface area contributed by atoms with E-state index in [2.05, 4.69) is 17.4 Å². The zero-order valence-electron chi connectivity index (χ0n) is 12.2. The second-order valence-electron chi connectivity index (χ2n) is 5.54. The summed E-state index contributed by atoms with van der Waals surface area (Å²) in [5.74, 6) is 2.47. The molecule has 0 saturated carbocycles. The number of nitrogens with zero attached hydrogens (tertiary/aromatic N) is 1. The van der Waals surface area contributed by atoms with Crippen LogP contribution in [0.1, 0.15) is 18.1 Å². The van der Waals surface area contributed by atoms with Crippen molar-refractivity contribution in [2.24, 2.45) is 5.92 Å². The maximum atomic E-state index is 12.2. The molecule has 2 fully saturated rings. The Morgan fingerprint density at radius 3 is 2.81 bits per heavy atom. The Kier molecular flexibility index (Phi) is 5.04. The number of hydrogen-bond acceptors (Lipinski definition) is 3. The van der Waals surface area contributed by atoms with Crippen molar-refractivity contribution in [1.29, 1.82) is 0 Å². The largest absolute Gasteiger partial charge is 0.373 e. The highest BCUT2D eigenvalue weighted by atomic mass is 32.2. The number of thioether (sulfide) groups is 1. The zero-order valence-corrected chi connectivity index (χ0v) is 13.0. The van der Waals surface area contributed by atoms with Crippen LogP contribution in [0.15, 0.2) is 30.3 Å². The van der Waals surface area contributed by atoms with Crippen LogP contribution in [0, 0.1) is 5.92 Å². The number of urea groups is 1. The quantitative estimate of drug-likeness (QED) is 0.933. The molecule has 2 saturated heterocycles. The van der Waals surface area contributed by atoms with Crippen LogP contribution >= 0.6 is 11.8 Å². The van der Waals surface area contributed by atoms with Crippen LogP contribution in [0.2, 0.25) is 0 Å². The molecule has 0 spiro atoms. The molecule has 4 nitrogen and oxygen atoms in total. The highest BCUT2D eigenvalue weighted by Gasteiger charge is 2.30. The average Bonchev–Trinajstić information content (AvgIpc) is 3.03. The third-order valence-corrected chi connectivity index (χ3v) is 5.10. The Labute approximate surface area is 130 Å². The molecule has 5 heteroatoms. The highest BCUT2D eigenvalue weighted by Crippen LogP contribution is 2.33. The van der Waals surface area contributed by atoms with Crippen molar-refractivity contribution in [3.05, 3.63) is 35.9 Å². The molecule has 2 heterocycles. The first-order chi connectivity index (χ1) is 10.3. The predicted octanol–water partition coefficient (Wildman–Crippen LogP) is 2.52. The number of carbonyl (C=O) groups is 1. The maximum Gasteiger partial charge on any atom is 0.317 e. The van der Waals surface area contributed by atoms with E-state index in [-0.39, 0.29) is 12.1 Å². The van der Waals surface area contributed by atoms with Gasteiger partial charge in [-0.25, -0.2) is 4.79 Å². The van der Waals surface area contributed by atoms with E-state index in [9.17, 15) is 4.79 Å². The molecule has 2 aliphatic heterocycles. The Hall–Kier alpha value is -1.20. The molecule has 114 valence electrons. The van der Waals surface area contributed by atoms with Crippen LogP contribution in [0.3, 0.4) is 0 Å². The average molecular weight is 306 g/mol. The first kappa shape index (κ1) is 14.7. The Morgan fingerprint density at radius 1 is 1.29 bits per heavy atom. The van der Waals surface area contributed by atoms with Crippen LogP contribution in [0.5, 0.6) is 0 Å². The third kappa shape index (κ3) is 3.71. The van der Waals surface area contributed by atoms with Crippen molar-refractivity contribution in [3.8, 4) is 0 Å². The number of nitrogens with one attached hydrogen (secondary N) is 1. The van der Waals surface area contributed by atoms with Gasteiger partial charge in [0, 0.05) is 43.7 Å². The lowest BCUT2D eigenvalue weighted by molar-refractivity contribution is 0.0905. The number of ether oxygens (including phenoxy) is 1. The molecule has 0 unspecified atom stereocenters. The second-order valence-corrected chi connectivity index (χ2v) is 6.76. The summed E-state index contributed by atoms with van der Waals surface area (Å²) in [4.78, 5) is 14.1. The molecule has 21 heavy (non-hydrogen) atoms. The number of hydrogen-bond donors (Lipinski definition) is 1. The molecule has 3 rings (SSSR count). The van der Waals surface area contributed by atoms with Gasteiger partial charge in [0.25, 0.3) is 0 Å². The minimum absolute atomic E-state index is 0.0778. The van der Waals surface area contributed by atoms with Crippen LogP contribution in [0.25, 0.3) is 0 Å². The molecule has 2 atom stereocenters. The topological polar surface area (TPSA) is 41.6 Å². The van der Waals surface area contributed by atoms with E-state index in [1.807, 2.05) is 34.9 Å². The monoisotopic (exact) mass is 306 g/mol. The molecule has 1 aromatic carbocycles. The summed E-state index contributed by atoms with van der Waals surface area (Å²) < 4.78 is 5.86. The van der Waals surface area contributed by atoms with Gasteiger partial charge in [0.1, 0.15) is 0 Å². The van der Waals surface area contributed by atoms with E-state index >= 15 is 0 Å². The standard InChI is InChI=1S/C16H22N2O2S/c19-16(18-7-10-21-11-8-18)17-12-14-6-9-20-15(14)13-4-2-1-3-5-13/h1-5,14-15H,6-12H2,(H,17,19)/t14-,15+/m0/s1. The SMILES string of the molecule is O=C(NC[C@@H]1CCO[C@@H]1c1ccccc1)N1CCSCC1. The lowest BCUT2D eigenvalue weighted by Gasteiger charge is -2.27. The fraction of sp³-hybridized carbons (Fsp3) is 0.562. The number of rotatable bonds is 3. The van der Waals surface area contributed by atoms with Crippen LogP contribution in [-0.4, -0.2) is 48.7 Å². The lowest BCUT2D eigenvalue weighted by atomic mass is 9.95. The smallest absolute Gasteiger partial charge is 0.317 e. The molecule has 0 radical (unpaired) electrons. The Bertz CT molecular complexity index is 463. The normalized spacial score (nSPS) is 25.8. The van der Waals surface area contributed by atoms with Crippen molar-refractivity contribution in [2.75, 3.05) is 37.7 Å². The molecule has 2 amide bonds. The van der Waals surface area contributed by atoms with Gasteiger partial charge in [0.15, 0.2) is 0 Å². The van der Waals surface area contributed by atoms with Crippen molar-refractivity contribution >= 4 is 17.8 Å². The highest BCUT2D eigenvalue weighted by molar-refractivity contribution is 7.99. The summed E-state index contributed by atoms with van der Waals surface area (Å²) >= 11 is 1.92. The summed E-state index contributed by atoms with van der Waals surface area (Å²) in [6.07, 6.45) is 1.12. The molecule has 0 aromatic heterocycles. The van der Waals surface area contributed by atoms with Gasteiger partial charge in [0.05, 0.1) is 6.10 Å². The van der Waals surface area contributed by atoms with Gasteiger partial charge >= 0.3 is 6.03 Å². The molecule has 1 N–H and O–H groups in total.